The van der Waals surface area contributed by atoms with Crippen molar-refractivity contribution in [3.05, 3.63) is 0 Å². The van der Waals surface area contributed by atoms with Gasteiger partial charge in [0.15, 0.2) is 0 Å². The van der Waals surface area contributed by atoms with E-state index in [1.165, 1.54) is 58.3 Å². The second-order valence-electron chi connectivity index (χ2n) is 4.05. The third-order valence-corrected chi connectivity index (χ3v) is 2.30. The second-order valence-corrected chi connectivity index (χ2v) is 4.05. The van der Waals surface area contributed by atoms with E-state index in [4.69, 9.17) is 0 Å². The average Bonchev–Trinajstić information content (AvgIpc) is 2.24. The molecule has 0 rings (SSSR count). The molecule has 0 aliphatic carbocycles. The molecule has 98 valence electrons. The van der Waals surface area contributed by atoms with E-state index in [1.807, 2.05) is 0 Å². The van der Waals surface area contributed by atoms with E-state index in [0.717, 1.165) is 0 Å². The molecule has 0 bridgehead atoms. The van der Waals surface area contributed by atoms with Crippen molar-refractivity contribution in [2.24, 2.45) is 0 Å². The van der Waals surface area contributed by atoms with Crippen molar-refractivity contribution < 1.29 is 9.53 Å². The van der Waals surface area contributed by atoms with Crippen molar-refractivity contribution in [3.63, 3.8) is 0 Å². The summed E-state index contributed by atoms with van der Waals surface area (Å²) in [6.07, 6.45) is 11.5. The van der Waals surface area contributed by atoms with Crippen LogP contribution in [0.25, 0.3) is 0 Å². The van der Waals surface area contributed by atoms with Crippen LogP contribution in [0.1, 0.15) is 79.1 Å². The third kappa shape index (κ3) is 23.4. The van der Waals surface area contributed by atoms with Crippen LogP contribution in [0, 0.1) is 0 Å². The summed E-state index contributed by atoms with van der Waals surface area (Å²) in [6, 6.07) is 0. The molecule has 2 heteroatoms. The Morgan fingerprint density at radius 2 is 1.19 bits per heavy atom. The number of carbonyl (C=O) groups is 1. The van der Waals surface area contributed by atoms with E-state index >= 15 is 0 Å². The lowest BCUT2D eigenvalue weighted by atomic mass is 10.1. The van der Waals surface area contributed by atoms with Crippen molar-refractivity contribution in [2.75, 3.05) is 6.61 Å². The fourth-order valence-electron chi connectivity index (χ4n) is 1.41. The van der Waals surface area contributed by atoms with Crippen LogP contribution >= 0.6 is 0 Å². The third-order valence-electron chi connectivity index (χ3n) is 2.30. The Labute approximate surface area is 102 Å². The molecule has 0 N–H and O–H groups in total. The molecule has 0 aliphatic heterocycles. The van der Waals surface area contributed by atoms with E-state index in [9.17, 15) is 4.79 Å². The molecule has 2 nitrogen and oxygen atoms in total. The minimum absolute atomic E-state index is 0.211. The molecule has 0 aromatic rings. The SMILES string of the molecule is CCCCCCCCCC.CCOC(C)=O. The molecule has 0 heterocycles. The highest BCUT2D eigenvalue weighted by molar-refractivity contribution is 5.65. The Balaban J connectivity index is 0. The largest absolute Gasteiger partial charge is 0.466 e. The summed E-state index contributed by atoms with van der Waals surface area (Å²) in [6.45, 7) is 8.19. The van der Waals surface area contributed by atoms with Crippen LogP contribution < -0.4 is 0 Å². The van der Waals surface area contributed by atoms with Gasteiger partial charge in [0.25, 0.3) is 0 Å². The minimum atomic E-state index is -0.211. The molecule has 0 saturated carbocycles. The quantitative estimate of drug-likeness (QED) is 0.445. The highest BCUT2D eigenvalue weighted by atomic mass is 16.5. The molecule has 0 aliphatic rings. The molecular formula is C14H30O2. The molecule has 0 amide bonds. The summed E-state index contributed by atoms with van der Waals surface area (Å²) in [7, 11) is 0. The molecule has 0 saturated heterocycles. The zero-order valence-corrected chi connectivity index (χ0v) is 11.7. The summed E-state index contributed by atoms with van der Waals surface area (Å²) in [5, 5.41) is 0. The molecule has 0 aromatic carbocycles. The number of rotatable bonds is 8. The standard InChI is InChI=1S/C10H22.C4H8O2/c1-3-5-7-9-10-8-6-4-2;1-3-6-4(2)5/h3-10H2,1-2H3;3H2,1-2H3. The van der Waals surface area contributed by atoms with Gasteiger partial charge in [-0.3, -0.25) is 4.79 Å². The summed E-state index contributed by atoms with van der Waals surface area (Å²) in [5.41, 5.74) is 0. The number of hydrogen-bond acceptors (Lipinski definition) is 2. The first-order valence-corrected chi connectivity index (χ1v) is 6.82. The van der Waals surface area contributed by atoms with Gasteiger partial charge in [-0.15, -0.1) is 0 Å². The van der Waals surface area contributed by atoms with Crippen LogP contribution in [0.4, 0.5) is 0 Å². The topological polar surface area (TPSA) is 26.3 Å². The molecule has 16 heavy (non-hydrogen) atoms. The molecule has 0 fully saturated rings. The first-order chi connectivity index (χ1) is 7.68. The van der Waals surface area contributed by atoms with Gasteiger partial charge in [0.2, 0.25) is 0 Å². The van der Waals surface area contributed by atoms with Gasteiger partial charge in [-0.1, -0.05) is 65.2 Å². The molecule has 0 atom stereocenters. The minimum Gasteiger partial charge on any atom is -0.466 e. The van der Waals surface area contributed by atoms with E-state index < -0.39 is 0 Å². The predicted octanol–water partition coefficient (Wildman–Crippen LogP) is 4.72. The molecule has 0 radical (unpaired) electrons. The van der Waals surface area contributed by atoms with Crippen LogP contribution in [0.3, 0.4) is 0 Å². The molecule has 0 aromatic heterocycles. The van der Waals surface area contributed by atoms with Crippen molar-refractivity contribution in [3.8, 4) is 0 Å². The second kappa shape index (κ2) is 16.9. The maximum Gasteiger partial charge on any atom is 0.302 e. The molecule has 0 spiro atoms. The van der Waals surface area contributed by atoms with Crippen molar-refractivity contribution >= 4 is 5.97 Å². The first kappa shape index (κ1) is 17.9. The Kier molecular flexibility index (Phi) is 18.8. The smallest absolute Gasteiger partial charge is 0.302 e. The predicted molar refractivity (Wildman–Crippen MR) is 70.6 cm³/mol. The van der Waals surface area contributed by atoms with Gasteiger partial charge in [0.05, 0.1) is 6.61 Å². The number of hydrogen-bond donors (Lipinski definition) is 0. The fraction of sp³-hybridized carbons (Fsp3) is 0.929. The van der Waals surface area contributed by atoms with Gasteiger partial charge in [-0.05, 0) is 6.92 Å². The summed E-state index contributed by atoms with van der Waals surface area (Å²) in [5.74, 6) is -0.211. The van der Waals surface area contributed by atoms with Gasteiger partial charge < -0.3 is 4.74 Å². The number of carbonyl (C=O) groups excluding carboxylic acids is 1. The van der Waals surface area contributed by atoms with E-state index in [2.05, 4.69) is 18.6 Å². The Hall–Kier alpha value is -0.530. The molecule has 0 unspecified atom stereocenters. The monoisotopic (exact) mass is 230 g/mol. The van der Waals surface area contributed by atoms with Crippen LogP contribution in [0.15, 0.2) is 0 Å². The zero-order valence-electron chi connectivity index (χ0n) is 11.7. The average molecular weight is 230 g/mol. The fourth-order valence-corrected chi connectivity index (χ4v) is 1.41. The highest BCUT2D eigenvalue weighted by Crippen LogP contribution is 2.07. The Morgan fingerprint density at radius 3 is 1.38 bits per heavy atom. The molecular weight excluding hydrogens is 200 g/mol. The van der Waals surface area contributed by atoms with Crippen LogP contribution in [-0.2, 0) is 9.53 Å². The normalized spacial score (nSPS) is 9.25. The Bertz CT molecular complexity index is 125. The van der Waals surface area contributed by atoms with E-state index in [0.29, 0.717) is 6.61 Å². The van der Waals surface area contributed by atoms with Gasteiger partial charge in [0, 0.05) is 6.92 Å². The maximum atomic E-state index is 9.82. The van der Waals surface area contributed by atoms with Crippen molar-refractivity contribution in [2.45, 2.75) is 79.1 Å². The van der Waals surface area contributed by atoms with Crippen molar-refractivity contribution in [1.29, 1.82) is 0 Å². The lowest BCUT2D eigenvalue weighted by Crippen LogP contribution is -1.95. The first-order valence-electron chi connectivity index (χ1n) is 6.82. The van der Waals surface area contributed by atoms with Crippen LogP contribution in [-0.4, -0.2) is 12.6 Å². The van der Waals surface area contributed by atoms with Gasteiger partial charge in [0.1, 0.15) is 0 Å². The van der Waals surface area contributed by atoms with E-state index in [-0.39, 0.29) is 5.97 Å². The lowest BCUT2D eigenvalue weighted by molar-refractivity contribution is -0.140. The summed E-state index contributed by atoms with van der Waals surface area (Å²) < 4.78 is 4.40. The van der Waals surface area contributed by atoms with Gasteiger partial charge in [-0.25, -0.2) is 0 Å². The van der Waals surface area contributed by atoms with Crippen LogP contribution in [0.5, 0.6) is 0 Å². The highest BCUT2D eigenvalue weighted by Gasteiger charge is 1.87. The summed E-state index contributed by atoms with van der Waals surface area (Å²) >= 11 is 0. The number of unbranched alkanes of at least 4 members (excludes halogenated alkanes) is 7. The Morgan fingerprint density at radius 1 is 0.812 bits per heavy atom. The van der Waals surface area contributed by atoms with Crippen molar-refractivity contribution in [1.82, 2.24) is 0 Å². The maximum absolute atomic E-state index is 9.82. The summed E-state index contributed by atoms with van der Waals surface area (Å²) in [4.78, 5) is 9.82. The van der Waals surface area contributed by atoms with Gasteiger partial charge >= 0.3 is 5.97 Å². The number of ether oxygens (including phenoxy) is 1. The van der Waals surface area contributed by atoms with Gasteiger partial charge in [-0.2, -0.15) is 0 Å². The zero-order chi connectivity index (χ0) is 12.6. The number of esters is 1. The lowest BCUT2D eigenvalue weighted by Gasteiger charge is -1.97. The van der Waals surface area contributed by atoms with E-state index in [1.54, 1.807) is 6.92 Å². The van der Waals surface area contributed by atoms with Crippen LogP contribution in [0.2, 0.25) is 0 Å².